The van der Waals surface area contributed by atoms with Crippen molar-refractivity contribution in [1.29, 1.82) is 0 Å². The number of non-ortho nitro benzene ring substituents is 1. The molecule has 7 nitrogen and oxygen atoms in total. The van der Waals surface area contributed by atoms with Gasteiger partial charge in [-0.2, -0.15) is 0 Å². The van der Waals surface area contributed by atoms with Crippen molar-refractivity contribution in [3.05, 3.63) is 74.8 Å². The summed E-state index contributed by atoms with van der Waals surface area (Å²) in [5.74, 6) is -0.946. The maximum atomic E-state index is 11.8. The maximum absolute atomic E-state index is 11.8. The lowest BCUT2D eigenvalue weighted by molar-refractivity contribution is -0.384. The van der Waals surface area contributed by atoms with Gasteiger partial charge >= 0.3 is 0 Å². The van der Waals surface area contributed by atoms with Gasteiger partial charge in [-0.3, -0.25) is 30.6 Å². The number of halogens is 1. The van der Waals surface area contributed by atoms with Gasteiger partial charge in [-0.15, -0.1) is 0 Å². The van der Waals surface area contributed by atoms with Gasteiger partial charge in [-0.1, -0.05) is 29.8 Å². The van der Waals surface area contributed by atoms with E-state index in [2.05, 4.69) is 10.9 Å². The van der Waals surface area contributed by atoms with Crippen LogP contribution in [0.4, 0.5) is 5.69 Å². The Labute approximate surface area is 136 Å². The molecular formula is C15H12ClN3O4. The van der Waals surface area contributed by atoms with Crippen molar-refractivity contribution in [2.24, 2.45) is 0 Å². The van der Waals surface area contributed by atoms with Crippen molar-refractivity contribution in [1.82, 2.24) is 10.9 Å². The third-order valence-electron chi connectivity index (χ3n) is 2.91. The molecule has 0 aliphatic carbocycles. The SMILES string of the molecule is O=C(Cc1ccc([N+](=O)[O-])cc1)NNC(=O)c1cccc(Cl)c1. The predicted molar refractivity (Wildman–Crippen MR) is 83.9 cm³/mol. The molecule has 2 aromatic rings. The van der Waals surface area contributed by atoms with Crippen LogP contribution in [0.15, 0.2) is 48.5 Å². The van der Waals surface area contributed by atoms with Gasteiger partial charge in [0.05, 0.1) is 11.3 Å². The minimum absolute atomic E-state index is 0.0200. The maximum Gasteiger partial charge on any atom is 0.269 e. The molecule has 2 rings (SSSR count). The fraction of sp³-hybridized carbons (Fsp3) is 0.0667. The first-order valence-electron chi connectivity index (χ1n) is 6.54. The van der Waals surface area contributed by atoms with Crippen molar-refractivity contribution in [3.63, 3.8) is 0 Å². The zero-order valence-corrected chi connectivity index (χ0v) is 12.5. The quantitative estimate of drug-likeness (QED) is 0.661. The Kier molecular flexibility index (Phi) is 5.27. The molecule has 0 unspecified atom stereocenters. The van der Waals surface area contributed by atoms with Crippen molar-refractivity contribution >= 4 is 29.1 Å². The van der Waals surface area contributed by atoms with Gasteiger partial charge in [0.1, 0.15) is 0 Å². The fourth-order valence-corrected chi connectivity index (χ4v) is 1.98. The third-order valence-corrected chi connectivity index (χ3v) is 3.15. The molecular weight excluding hydrogens is 322 g/mol. The Morgan fingerprint density at radius 1 is 1.09 bits per heavy atom. The summed E-state index contributed by atoms with van der Waals surface area (Å²) in [5, 5.41) is 11.0. The van der Waals surface area contributed by atoms with Gasteiger partial charge in [0, 0.05) is 22.7 Å². The van der Waals surface area contributed by atoms with Crippen LogP contribution in [0.3, 0.4) is 0 Å². The highest BCUT2D eigenvalue weighted by atomic mass is 35.5. The summed E-state index contributed by atoms with van der Waals surface area (Å²) in [6, 6.07) is 11.9. The summed E-state index contributed by atoms with van der Waals surface area (Å²) < 4.78 is 0. The summed E-state index contributed by atoms with van der Waals surface area (Å²) in [7, 11) is 0. The molecule has 0 saturated heterocycles. The highest BCUT2D eigenvalue weighted by Crippen LogP contribution is 2.12. The summed E-state index contributed by atoms with van der Waals surface area (Å²) in [6.45, 7) is 0. The van der Waals surface area contributed by atoms with Crippen LogP contribution in [-0.4, -0.2) is 16.7 Å². The molecule has 23 heavy (non-hydrogen) atoms. The van der Waals surface area contributed by atoms with Crippen LogP contribution in [-0.2, 0) is 11.2 Å². The highest BCUT2D eigenvalue weighted by molar-refractivity contribution is 6.30. The molecule has 0 aliphatic rings. The van der Waals surface area contributed by atoms with E-state index in [0.29, 0.717) is 16.1 Å². The summed E-state index contributed by atoms with van der Waals surface area (Å²) in [4.78, 5) is 33.6. The van der Waals surface area contributed by atoms with E-state index in [1.165, 1.54) is 30.3 Å². The molecule has 0 aliphatic heterocycles. The Morgan fingerprint density at radius 2 is 1.78 bits per heavy atom. The van der Waals surface area contributed by atoms with E-state index in [0.717, 1.165) is 0 Å². The summed E-state index contributed by atoms with van der Waals surface area (Å²) in [6.07, 6.45) is -0.0200. The number of hydrogen-bond acceptors (Lipinski definition) is 4. The standard InChI is InChI=1S/C15H12ClN3O4/c16-12-3-1-2-11(9-12)15(21)18-17-14(20)8-10-4-6-13(7-5-10)19(22)23/h1-7,9H,8H2,(H,17,20)(H,18,21). The molecule has 2 N–H and O–H groups in total. The number of hydrogen-bond donors (Lipinski definition) is 2. The molecule has 0 radical (unpaired) electrons. The van der Waals surface area contributed by atoms with Crippen molar-refractivity contribution in [2.45, 2.75) is 6.42 Å². The number of nitrogens with zero attached hydrogens (tertiary/aromatic N) is 1. The van der Waals surface area contributed by atoms with Crippen LogP contribution < -0.4 is 10.9 Å². The largest absolute Gasteiger partial charge is 0.273 e. The Morgan fingerprint density at radius 3 is 2.39 bits per heavy atom. The molecule has 2 aromatic carbocycles. The zero-order chi connectivity index (χ0) is 16.8. The highest BCUT2D eigenvalue weighted by Gasteiger charge is 2.09. The van der Waals surface area contributed by atoms with Gasteiger partial charge in [-0.25, -0.2) is 0 Å². The first kappa shape index (κ1) is 16.4. The first-order valence-corrected chi connectivity index (χ1v) is 6.91. The van der Waals surface area contributed by atoms with Gasteiger partial charge in [0.25, 0.3) is 11.6 Å². The number of rotatable bonds is 4. The molecule has 8 heteroatoms. The lowest BCUT2D eigenvalue weighted by atomic mass is 10.1. The molecule has 118 valence electrons. The van der Waals surface area contributed by atoms with Gasteiger partial charge in [0.15, 0.2) is 0 Å². The molecule has 0 atom stereocenters. The van der Waals surface area contributed by atoms with E-state index < -0.39 is 16.7 Å². The van der Waals surface area contributed by atoms with Crippen LogP contribution >= 0.6 is 11.6 Å². The van der Waals surface area contributed by atoms with E-state index in [9.17, 15) is 19.7 Å². The van der Waals surface area contributed by atoms with Gasteiger partial charge in [-0.05, 0) is 23.8 Å². The first-order chi connectivity index (χ1) is 11.0. The van der Waals surface area contributed by atoms with Crippen LogP contribution in [0.1, 0.15) is 15.9 Å². The monoisotopic (exact) mass is 333 g/mol. The minimum atomic E-state index is -0.519. The molecule has 2 amide bonds. The lowest BCUT2D eigenvalue weighted by Crippen LogP contribution is -2.42. The van der Waals surface area contributed by atoms with Gasteiger partial charge < -0.3 is 0 Å². The number of carbonyl (C=O) groups is 2. The molecule has 0 heterocycles. The van der Waals surface area contributed by atoms with E-state index in [1.54, 1.807) is 18.2 Å². The number of nitro benzene ring substituents is 1. The van der Waals surface area contributed by atoms with E-state index >= 15 is 0 Å². The van der Waals surface area contributed by atoms with E-state index in [4.69, 9.17) is 11.6 Å². The molecule has 0 spiro atoms. The van der Waals surface area contributed by atoms with Gasteiger partial charge in [0.2, 0.25) is 5.91 Å². The number of hydrazine groups is 1. The second-order valence-corrected chi connectivity index (χ2v) is 5.05. The van der Waals surface area contributed by atoms with Crippen LogP contribution in [0.2, 0.25) is 5.02 Å². The second kappa shape index (κ2) is 7.37. The summed E-state index contributed by atoms with van der Waals surface area (Å²) in [5.41, 5.74) is 5.39. The average Bonchev–Trinajstić information content (AvgIpc) is 2.53. The normalized spacial score (nSPS) is 9.96. The number of nitrogens with one attached hydrogen (secondary N) is 2. The second-order valence-electron chi connectivity index (χ2n) is 4.61. The van der Waals surface area contributed by atoms with Crippen LogP contribution in [0.25, 0.3) is 0 Å². The molecule has 0 aromatic heterocycles. The number of amides is 2. The lowest BCUT2D eigenvalue weighted by Gasteiger charge is -2.07. The molecule has 0 fully saturated rings. The number of benzene rings is 2. The Hall–Kier alpha value is -2.93. The van der Waals surface area contributed by atoms with Crippen molar-refractivity contribution < 1.29 is 14.5 Å². The summed E-state index contributed by atoms with van der Waals surface area (Å²) >= 11 is 5.78. The minimum Gasteiger partial charge on any atom is -0.273 e. The zero-order valence-electron chi connectivity index (χ0n) is 11.8. The van der Waals surface area contributed by atoms with E-state index in [-0.39, 0.29) is 12.1 Å². The number of carbonyl (C=O) groups excluding carboxylic acids is 2. The smallest absolute Gasteiger partial charge is 0.269 e. The van der Waals surface area contributed by atoms with Crippen molar-refractivity contribution in [3.8, 4) is 0 Å². The topological polar surface area (TPSA) is 101 Å². The fourth-order valence-electron chi connectivity index (χ4n) is 1.79. The Bertz CT molecular complexity index is 747. The van der Waals surface area contributed by atoms with Crippen LogP contribution in [0, 0.1) is 10.1 Å². The van der Waals surface area contributed by atoms with Crippen molar-refractivity contribution in [2.75, 3.05) is 0 Å². The van der Waals surface area contributed by atoms with E-state index in [1.807, 2.05) is 0 Å². The average molecular weight is 334 g/mol. The molecule has 0 saturated carbocycles. The Balaban J connectivity index is 1.87. The third kappa shape index (κ3) is 4.79. The van der Waals surface area contributed by atoms with Crippen LogP contribution in [0.5, 0.6) is 0 Å². The number of nitro groups is 1. The predicted octanol–water partition coefficient (Wildman–Crippen LogP) is 2.25. The molecule has 0 bridgehead atoms.